The molecular formula is C13H22BrClN2OS. The average molecular weight is 370 g/mol. The number of rotatable bonds is 5. The average Bonchev–Trinajstić information content (AvgIpc) is 2.74. The van der Waals surface area contributed by atoms with E-state index in [1.807, 2.05) is 26.0 Å². The van der Waals surface area contributed by atoms with Gasteiger partial charge in [-0.1, -0.05) is 13.8 Å². The van der Waals surface area contributed by atoms with Crippen molar-refractivity contribution in [2.45, 2.75) is 39.2 Å². The maximum Gasteiger partial charge on any atom is 0.228 e. The van der Waals surface area contributed by atoms with E-state index in [2.05, 4.69) is 35.1 Å². The van der Waals surface area contributed by atoms with Gasteiger partial charge in [-0.2, -0.15) is 0 Å². The van der Waals surface area contributed by atoms with Gasteiger partial charge in [-0.05, 0) is 47.8 Å². The van der Waals surface area contributed by atoms with E-state index in [1.54, 1.807) is 11.3 Å². The van der Waals surface area contributed by atoms with Gasteiger partial charge >= 0.3 is 0 Å². The van der Waals surface area contributed by atoms with Gasteiger partial charge < -0.3 is 11.1 Å². The van der Waals surface area contributed by atoms with E-state index < -0.39 is 0 Å². The monoisotopic (exact) mass is 368 g/mol. The Kier molecular flexibility index (Phi) is 7.58. The van der Waals surface area contributed by atoms with E-state index in [9.17, 15) is 4.79 Å². The highest BCUT2D eigenvalue weighted by atomic mass is 79.9. The SMILES string of the molecule is CC(C(=O)NC(C)(CN)C(C)C)c1ccc(Br)s1.Cl. The van der Waals surface area contributed by atoms with Crippen LogP contribution in [0.3, 0.4) is 0 Å². The molecule has 1 rings (SSSR count). The van der Waals surface area contributed by atoms with Gasteiger partial charge in [0, 0.05) is 11.4 Å². The van der Waals surface area contributed by atoms with Gasteiger partial charge in [0.25, 0.3) is 0 Å². The van der Waals surface area contributed by atoms with Crippen molar-refractivity contribution in [3.05, 3.63) is 20.8 Å². The number of thiophene rings is 1. The number of carbonyl (C=O) groups is 1. The Balaban J connectivity index is 0.00000324. The Morgan fingerprint density at radius 1 is 1.47 bits per heavy atom. The Morgan fingerprint density at radius 3 is 2.42 bits per heavy atom. The summed E-state index contributed by atoms with van der Waals surface area (Å²) >= 11 is 5.01. The molecule has 6 heteroatoms. The highest BCUT2D eigenvalue weighted by Gasteiger charge is 2.30. The van der Waals surface area contributed by atoms with Gasteiger partial charge in [-0.15, -0.1) is 23.7 Å². The van der Waals surface area contributed by atoms with Crippen LogP contribution in [0, 0.1) is 5.92 Å². The zero-order chi connectivity index (χ0) is 13.9. The summed E-state index contributed by atoms with van der Waals surface area (Å²) in [4.78, 5) is 13.3. The van der Waals surface area contributed by atoms with E-state index >= 15 is 0 Å². The first-order chi connectivity index (χ1) is 8.30. The Morgan fingerprint density at radius 2 is 2.05 bits per heavy atom. The quantitative estimate of drug-likeness (QED) is 0.834. The van der Waals surface area contributed by atoms with Crippen molar-refractivity contribution in [1.82, 2.24) is 5.32 Å². The van der Waals surface area contributed by atoms with Crippen LogP contribution in [0.2, 0.25) is 0 Å². The molecule has 0 radical (unpaired) electrons. The summed E-state index contributed by atoms with van der Waals surface area (Å²) in [6, 6.07) is 3.95. The van der Waals surface area contributed by atoms with Crippen LogP contribution in [0.1, 0.15) is 38.5 Å². The molecule has 1 aromatic heterocycles. The number of halogens is 2. The molecule has 0 aliphatic heterocycles. The molecule has 0 aliphatic rings. The Bertz CT molecular complexity index is 425. The zero-order valence-corrected chi connectivity index (χ0v) is 14.9. The van der Waals surface area contributed by atoms with Crippen molar-refractivity contribution < 1.29 is 4.79 Å². The van der Waals surface area contributed by atoms with Gasteiger partial charge in [0.2, 0.25) is 5.91 Å². The fourth-order valence-corrected chi connectivity index (χ4v) is 2.99. The van der Waals surface area contributed by atoms with Crippen molar-refractivity contribution in [3.8, 4) is 0 Å². The molecule has 0 spiro atoms. The van der Waals surface area contributed by atoms with Crippen LogP contribution < -0.4 is 11.1 Å². The number of amides is 1. The van der Waals surface area contributed by atoms with Gasteiger partial charge in [0.1, 0.15) is 0 Å². The lowest BCUT2D eigenvalue weighted by Gasteiger charge is -2.34. The minimum atomic E-state index is -0.347. The van der Waals surface area contributed by atoms with Crippen LogP contribution in [0.25, 0.3) is 0 Å². The third-order valence-electron chi connectivity index (χ3n) is 3.52. The summed E-state index contributed by atoms with van der Waals surface area (Å²) in [5.41, 5.74) is 5.43. The molecule has 110 valence electrons. The van der Waals surface area contributed by atoms with Gasteiger partial charge in [-0.3, -0.25) is 4.79 Å². The molecule has 19 heavy (non-hydrogen) atoms. The number of carbonyl (C=O) groups excluding carboxylic acids is 1. The van der Waals surface area contributed by atoms with E-state index in [0.717, 1.165) is 8.66 Å². The number of nitrogens with one attached hydrogen (secondary N) is 1. The second-order valence-electron chi connectivity index (χ2n) is 5.13. The minimum absolute atomic E-state index is 0. The molecule has 0 saturated heterocycles. The highest BCUT2D eigenvalue weighted by molar-refractivity contribution is 9.11. The highest BCUT2D eigenvalue weighted by Crippen LogP contribution is 2.29. The van der Waals surface area contributed by atoms with Crippen LogP contribution in [-0.2, 0) is 4.79 Å². The molecule has 3 nitrogen and oxygen atoms in total. The van der Waals surface area contributed by atoms with Crippen LogP contribution in [0.5, 0.6) is 0 Å². The number of nitrogens with two attached hydrogens (primary N) is 1. The molecule has 1 heterocycles. The topological polar surface area (TPSA) is 55.1 Å². The lowest BCUT2D eigenvalue weighted by molar-refractivity contribution is -0.124. The lowest BCUT2D eigenvalue weighted by Crippen LogP contribution is -2.55. The predicted molar refractivity (Wildman–Crippen MR) is 88.1 cm³/mol. The Hall–Kier alpha value is -0.100. The summed E-state index contributed by atoms with van der Waals surface area (Å²) in [6.45, 7) is 8.49. The third kappa shape index (κ3) is 4.74. The summed E-state index contributed by atoms with van der Waals surface area (Å²) in [5, 5.41) is 3.08. The van der Waals surface area contributed by atoms with E-state index in [4.69, 9.17) is 5.73 Å². The largest absolute Gasteiger partial charge is 0.349 e. The van der Waals surface area contributed by atoms with Crippen LogP contribution >= 0.6 is 39.7 Å². The summed E-state index contributed by atoms with van der Waals surface area (Å²) in [6.07, 6.45) is 0. The molecule has 1 amide bonds. The van der Waals surface area contributed by atoms with Gasteiger partial charge in [0.15, 0.2) is 0 Å². The second kappa shape index (κ2) is 7.62. The molecule has 0 aromatic carbocycles. The summed E-state index contributed by atoms with van der Waals surface area (Å²) in [5.74, 6) is 0.186. The predicted octanol–water partition coefficient (Wildman–Crippen LogP) is 3.53. The maximum atomic E-state index is 12.3. The summed E-state index contributed by atoms with van der Waals surface area (Å²) in [7, 11) is 0. The standard InChI is InChI=1S/C13H21BrN2OS.ClH/c1-8(2)13(4,7-15)16-12(17)9(3)10-5-6-11(14)18-10;/h5-6,8-9H,7,15H2,1-4H3,(H,16,17);1H. The van der Waals surface area contributed by atoms with Crippen molar-refractivity contribution >= 4 is 45.6 Å². The van der Waals surface area contributed by atoms with E-state index in [1.165, 1.54) is 0 Å². The van der Waals surface area contributed by atoms with Crippen LogP contribution in [-0.4, -0.2) is 18.0 Å². The first-order valence-corrected chi connectivity index (χ1v) is 7.68. The number of hydrogen-bond donors (Lipinski definition) is 2. The molecule has 0 bridgehead atoms. The van der Waals surface area contributed by atoms with Crippen molar-refractivity contribution in [3.63, 3.8) is 0 Å². The minimum Gasteiger partial charge on any atom is -0.349 e. The van der Waals surface area contributed by atoms with Crippen LogP contribution in [0.4, 0.5) is 0 Å². The summed E-state index contributed by atoms with van der Waals surface area (Å²) < 4.78 is 1.04. The van der Waals surface area contributed by atoms with E-state index in [-0.39, 0.29) is 29.8 Å². The molecular weight excluding hydrogens is 348 g/mol. The molecule has 0 saturated carbocycles. The molecule has 0 fully saturated rings. The fourth-order valence-electron chi connectivity index (χ4n) is 1.51. The normalized spacial score (nSPS) is 15.5. The zero-order valence-electron chi connectivity index (χ0n) is 11.7. The second-order valence-corrected chi connectivity index (χ2v) is 7.62. The smallest absolute Gasteiger partial charge is 0.228 e. The third-order valence-corrected chi connectivity index (χ3v) is 5.33. The molecule has 2 atom stereocenters. The van der Waals surface area contributed by atoms with Crippen molar-refractivity contribution in [1.29, 1.82) is 0 Å². The number of hydrogen-bond acceptors (Lipinski definition) is 3. The van der Waals surface area contributed by atoms with Crippen molar-refractivity contribution in [2.24, 2.45) is 11.7 Å². The van der Waals surface area contributed by atoms with Gasteiger partial charge in [0.05, 0.1) is 15.2 Å². The maximum absolute atomic E-state index is 12.3. The fraction of sp³-hybridized carbons (Fsp3) is 0.615. The molecule has 1 aromatic rings. The van der Waals surface area contributed by atoms with Crippen LogP contribution in [0.15, 0.2) is 15.9 Å². The Labute approximate surface area is 133 Å². The first kappa shape index (κ1) is 18.9. The molecule has 2 unspecified atom stereocenters. The van der Waals surface area contributed by atoms with E-state index in [0.29, 0.717) is 12.5 Å². The van der Waals surface area contributed by atoms with Crippen molar-refractivity contribution in [2.75, 3.05) is 6.54 Å². The first-order valence-electron chi connectivity index (χ1n) is 6.07. The van der Waals surface area contributed by atoms with Gasteiger partial charge in [-0.25, -0.2) is 0 Å². The lowest BCUT2D eigenvalue weighted by atomic mass is 9.88. The molecule has 0 aliphatic carbocycles. The molecule has 3 N–H and O–H groups in total.